The zero-order valence-corrected chi connectivity index (χ0v) is 12.6. The van der Waals surface area contributed by atoms with E-state index in [0.717, 1.165) is 50.8 Å². The smallest absolute Gasteiger partial charge is 0.130 e. The summed E-state index contributed by atoms with van der Waals surface area (Å²) in [6.45, 7) is 8.24. The highest BCUT2D eigenvalue weighted by Crippen LogP contribution is 2.16. The van der Waals surface area contributed by atoms with Gasteiger partial charge in [-0.1, -0.05) is 0 Å². The van der Waals surface area contributed by atoms with Gasteiger partial charge in [0.25, 0.3) is 0 Å². The average Bonchev–Trinajstić information content (AvgIpc) is 2.45. The SMILES string of the molecule is Cc1cc(C#N)cc(N2CCN(CCN(C)C)CC2)n1. The summed E-state index contributed by atoms with van der Waals surface area (Å²) in [5.74, 6) is 0.939. The number of aryl methyl sites for hydroxylation is 1. The predicted octanol–water partition coefficient (Wildman–Crippen LogP) is 0.945. The van der Waals surface area contributed by atoms with Crippen molar-refractivity contribution in [2.24, 2.45) is 0 Å². The van der Waals surface area contributed by atoms with Crippen LogP contribution in [0.15, 0.2) is 12.1 Å². The van der Waals surface area contributed by atoms with Crippen LogP contribution >= 0.6 is 0 Å². The third-order valence-corrected chi connectivity index (χ3v) is 3.63. The van der Waals surface area contributed by atoms with Gasteiger partial charge < -0.3 is 9.80 Å². The fraction of sp³-hybridized carbons (Fsp3) is 0.600. The first kappa shape index (κ1) is 14.8. The van der Waals surface area contributed by atoms with E-state index in [1.807, 2.05) is 19.1 Å². The number of aromatic nitrogens is 1. The van der Waals surface area contributed by atoms with Crippen LogP contribution in [0.25, 0.3) is 0 Å². The quantitative estimate of drug-likeness (QED) is 0.817. The molecular weight excluding hydrogens is 250 g/mol. The highest BCUT2D eigenvalue weighted by atomic mass is 15.3. The van der Waals surface area contributed by atoms with Gasteiger partial charge in [0, 0.05) is 45.0 Å². The number of piperazine rings is 1. The summed E-state index contributed by atoms with van der Waals surface area (Å²) in [6, 6.07) is 5.93. The van der Waals surface area contributed by atoms with Crippen molar-refractivity contribution in [3.8, 4) is 6.07 Å². The van der Waals surface area contributed by atoms with Gasteiger partial charge in [0.15, 0.2) is 0 Å². The Balaban J connectivity index is 1.94. The number of rotatable bonds is 4. The Bertz CT molecular complexity index is 484. The standard InChI is InChI=1S/C15H23N5/c1-13-10-14(12-16)11-15(17-13)20-8-6-19(7-9-20)5-4-18(2)3/h10-11H,4-9H2,1-3H3. The van der Waals surface area contributed by atoms with Crippen molar-refractivity contribution < 1.29 is 0 Å². The van der Waals surface area contributed by atoms with Crippen LogP contribution in [0.1, 0.15) is 11.3 Å². The van der Waals surface area contributed by atoms with E-state index in [2.05, 4.69) is 39.8 Å². The second-order valence-electron chi connectivity index (χ2n) is 5.60. The van der Waals surface area contributed by atoms with Crippen molar-refractivity contribution in [3.63, 3.8) is 0 Å². The first-order valence-corrected chi connectivity index (χ1v) is 7.09. The molecule has 1 saturated heterocycles. The molecular formula is C15H23N5. The maximum Gasteiger partial charge on any atom is 0.130 e. The van der Waals surface area contributed by atoms with Gasteiger partial charge in [0.05, 0.1) is 11.6 Å². The number of likely N-dealkylation sites (N-methyl/N-ethyl adjacent to an activating group) is 1. The molecule has 5 heteroatoms. The van der Waals surface area contributed by atoms with Crippen LogP contribution in [0.4, 0.5) is 5.82 Å². The number of nitriles is 1. The molecule has 1 aliphatic rings. The molecule has 0 spiro atoms. The van der Waals surface area contributed by atoms with E-state index in [9.17, 15) is 0 Å². The van der Waals surface area contributed by atoms with Crippen molar-refractivity contribution >= 4 is 5.82 Å². The van der Waals surface area contributed by atoms with Crippen molar-refractivity contribution in [2.45, 2.75) is 6.92 Å². The second-order valence-corrected chi connectivity index (χ2v) is 5.60. The Morgan fingerprint density at radius 3 is 2.55 bits per heavy atom. The predicted molar refractivity (Wildman–Crippen MR) is 80.9 cm³/mol. The molecule has 5 nitrogen and oxygen atoms in total. The molecule has 1 aliphatic heterocycles. The van der Waals surface area contributed by atoms with Crippen LogP contribution in [0.5, 0.6) is 0 Å². The van der Waals surface area contributed by atoms with Gasteiger partial charge in [-0.3, -0.25) is 4.90 Å². The molecule has 0 unspecified atom stereocenters. The van der Waals surface area contributed by atoms with Crippen LogP contribution in [0.3, 0.4) is 0 Å². The zero-order chi connectivity index (χ0) is 14.5. The second kappa shape index (κ2) is 6.69. The highest BCUT2D eigenvalue weighted by molar-refractivity contribution is 5.47. The number of hydrogen-bond donors (Lipinski definition) is 0. The number of anilines is 1. The molecule has 1 aromatic heterocycles. The summed E-state index contributed by atoms with van der Waals surface area (Å²) in [6.07, 6.45) is 0. The number of pyridine rings is 1. The van der Waals surface area contributed by atoms with Crippen molar-refractivity contribution in [1.29, 1.82) is 5.26 Å². The Labute approximate surface area is 121 Å². The molecule has 0 saturated carbocycles. The normalized spacial score (nSPS) is 16.4. The van der Waals surface area contributed by atoms with Gasteiger partial charge in [0.1, 0.15) is 5.82 Å². The fourth-order valence-electron chi connectivity index (χ4n) is 2.42. The first-order valence-electron chi connectivity index (χ1n) is 7.09. The Morgan fingerprint density at radius 1 is 1.25 bits per heavy atom. The van der Waals surface area contributed by atoms with E-state index < -0.39 is 0 Å². The lowest BCUT2D eigenvalue weighted by molar-refractivity contribution is 0.229. The number of nitrogens with zero attached hydrogens (tertiary/aromatic N) is 5. The van der Waals surface area contributed by atoms with E-state index in [1.165, 1.54) is 0 Å². The van der Waals surface area contributed by atoms with Gasteiger partial charge in [-0.05, 0) is 33.2 Å². The van der Waals surface area contributed by atoms with Gasteiger partial charge in [0.2, 0.25) is 0 Å². The Morgan fingerprint density at radius 2 is 1.95 bits per heavy atom. The van der Waals surface area contributed by atoms with Gasteiger partial charge in [-0.25, -0.2) is 4.98 Å². The lowest BCUT2D eigenvalue weighted by Crippen LogP contribution is -2.48. The van der Waals surface area contributed by atoms with Crippen LogP contribution in [-0.2, 0) is 0 Å². The van der Waals surface area contributed by atoms with E-state index in [0.29, 0.717) is 5.56 Å². The fourth-order valence-corrected chi connectivity index (χ4v) is 2.42. The molecule has 1 aromatic rings. The van der Waals surface area contributed by atoms with E-state index in [-0.39, 0.29) is 0 Å². The topological polar surface area (TPSA) is 46.4 Å². The molecule has 0 aliphatic carbocycles. The van der Waals surface area contributed by atoms with Crippen LogP contribution in [-0.4, -0.2) is 68.1 Å². The molecule has 2 rings (SSSR count). The molecule has 0 N–H and O–H groups in total. The largest absolute Gasteiger partial charge is 0.354 e. The maximum absolute atomic E-state index is 9.04. The zero-order valence-electron chi connectivity index (χ0n) is 12.6. The summed E-state index contributed by atoms with van der Waals surface area (Å²) >= 11 is 0. The van der Waals surface area contributed by atoms with Crippen molar-refractivity contribution in [2.75, 3.05) is 58.3 Å². The molecule has 108 valence electrons. The number of hydrogen-bond acceptors (Lipinski definition) is 5. The van der Waals surface area contributed by atoms with Crippen LogP contribution in [0.2, 0.25) is 0 Å². The minimum absolute atomic E-state index is 0.697. The Hall–Kier alpha value is -1.64. The molecule has 2 heterocycles. The molecule has 0 radical (unpaired) electrons. The minimum atomic E-state index is 0.697. The molecule has 0 amide bonds. The average molecular weight is 273 g/mol. The van der Waals surface area contributed by atoms with Crippen LogP contribution in [0, 0.1) is 18.3 Å². The minimum Gasteiger partial charge on any atom is -0.354 e. The molecule has 0 bridgehead atoms. The third kappa shape index (κ3) is 3.92. The first-order chi connectivity index (χ1) is 9.58. The molecule has 0 atom stereocenters. The van der Waals surface area contributed by atoms with Gasteiger partial charge >= 0.3 is 0 Å². The lowest BCUT2D eigenvalue weighted by Gasteiger charge is -2.36. The van der Waals surface area contributed by atoms with E-state index in [4.69, 9.17) is 5.26 Å². The molecule has 20 heavy (non-hydrogen) atoms. The van der Waals surface area contributed by atoms with Crippen LogP contribution < -0.4 is 4.90 Å². The van der Waals surface area contributed by atoms with Crippen molar-refractivity contribution in [3.05, 3.63) is 23.4 Å². The lowest BCUT2D eigenvalue weighted by atomic mass is 10.2. The summed E-state index contributed by atoms with van der Waals surface area (Å²) in [7, 11) is 4.21. The van der Waals surface area contributed by atoms with Crippen molar-refractivity contribution in [1.82, 2.24) is 14.8 Å². The highest BCUT2D eigenvalue weighted by Gasteiger charge is 2.18. The molecule has 1 fully saturated rings. The summed E-state index contributed by atoms with van der Waals surface area (Å²) in [5, 5.41) is 9.04. The van der Waals surface area contributed by atoms with E-state index in [1.54, 1.807) is 0 Å². The van der Waals surface area contributed by atoms with E-state index >= 15 is 0 Å². The third-order valence-electron chi connectivity index (χ3n) is 3.63. The molecule has 0 aromatic carbocycles. The Kier molecular flexibility index (Phi) is 4.94. The summed E-state index contributed by atoms with van der Waals surface area (Å²) in [4.78, 5) is 11.5. The van der Waals surface area contributed by atoms with Gasteiger partial charge in [-0.2, -0.15) is 5.26 Å². The maximum atomic E-state index is 9.04. The van der Waals surface area contributed by atoms with Gasteiger partial charge in [-0.15, -0.1) is 0 Å². The summed E-state index contributed by atoms with van der Waals surface area (Å²) in [5.41, 5.74) is 1.61. The summed E-state index contributed by atoms with van der Waals surface area (Å²) < 4.78 is 0. The monoisotopic (exact) mass is 273 g/mol.